The number of hydrogen-bond acceptors (Lipinski definition) is 18. The average molecular weight is 649 g/mol. The van der Waals surface area contributed by atoms with Crippen LogP contribution < -0.4 is 5.32 Å². The zero-order valence-corrected chi connectivity index (χ0v) is 23.8. The zero-order chi connectivity index (χ0) is 32.6. The molecule has 0 aromatic heterocycles. The number of ether oxygens (including phenoxy) is 5. The maximum Gasteiger partial charge on any atom is 0.187 e. The van der Waals surface area contributed by atoms with Crippen molar-refractivity contribution >= 4 is 0 Å². The lowest BCUT2D eigenvalue weighted by Crippen LogP contribution is -3.03. The fourth-order valence-electron chi connectivity index (χ4n) is 6.33. The lowest BCUT2D eigenvalue weighted by Gasteiger charge is -2.48. The minimum absolute atomic E-state index is 0.0787. The van der Waals surface area contributed by atoms with Crippen LogP contribution in [0.4, 0.5) is 0 Å². The van der Waals surface area contributed by atoms with E-state index < -0.39 is 142 Å². The number of quaternary nitrogens is 1. The highest BCUT2D eigenvalue weighted by molar-refractivity contribution is 4.97. The number of aliphatic hydroxyl groups excluding tert-OH is 13. The zero-order valence-electron chi connectivity index (χ0n) is 23.8. The van der Waals surface area contributed by atoms with E-state index >= 15 is 0 Å². The smallest absolute Gasteiger partial charge is 0.187 e. The Kier molecular flexibility index (Phi) is 12.3. The Morgan fingerprint density at radius 2 is 1.09 bits per heavy atom. The van der Waals surface area contributed by atoms with E-state index in [-0.39, 0.29) is 6.42 Å². The number of hydrogen-bond donors (Lipinski definition) is 14. The Morgan fingerprint density at radius 3 is 1.66 bits per heavy atom. The summed E-state index contributed by atoms with van der Waals surface area (Å²) < 4.78 is 27.5. The molecule has 19 heteroatoms. The van der Waals surface area contributed by atoms with Crippen LogP contribution >= 0.6 is 0 Å². The van der Waals surface area contributed by atoms with Gasteiger partial charge in [-0.3, -0.25) is 0 Å². The number of aliphatic hydroxyl groups is 13. The van der Waals surface area contributed by atoms with Crippen molar-refractivity contribution in [2.45, 2.75) is 130 Å². The predicted octanol–water partition coefficient (Wildman–Crippen LogP) is -9.51. The summed E-state index contributed by atoms with van der Waals surface area (Å²) in [7, 11) is 0. The van der Waals surface area contributed by atoms with Crippen LogP contribution in [0.15, 0.2) is 0 Å². The molecule has 44 heavy (non-hydrogen) atoms. The van der Waals surface area contributed by atoms with Gasteiger partial charge in [-0.1, -0.05) is 0 Å². The molecule has 1 aliphatic carbocycles. The topological polar surface area (TPSA) is 326 Å². The van der Waals surface area contributed by atoms with Crippen LogP contribution in [0.1, 0.15) is 13.3 Å². The molecule has 0 bridgehead atoms. The van der Waals surface area contributed by atoms with Gasteiger partial charge in [0.1, 0.15) is 91.4 Å². The second kappa shape index (κ2) is 15.0. The number of rotatable bonds is 9. The largest absolute Gasteiger partial charge is 0.396 e. The molecule has 1 saturated carbocycles. The molecular formula is C25H46NO18+. The molecule has 258 valence electrons. The molecule has 4 aliphatic rings. The van der Waals surface area contributed by atoms with E-state index in [0.717, 1.165) is 0 Å². The molecule has 0 radical (unpaired) electrons. The van der Waals surface area contributed by atoms with Crippen molar-refractivity contribution in [3.63, 3.8) is 0 Å². The summed E-state index contributed by atoms with van der Waals surface area (Å²) in [6, 6.07) is -1.71. The summed E-state index contributed by atoms with van der Waals surface area (Å²) in [4.78, 5) is 0. The van der Waals surface area contributed by atoms with E-state index in [4.69, 9.17) is 23.7 Å². The predicted molar refractivity (Wildman–Crippen MR) is 137 cm³/mol. The third kappa shape index (κ3) is 7.06. The molecule has 3 heterocycles. The summed E-state index contributed by atoms with van der Waals surface area (Å²) in [5.41, 5.74) is 0. The van der Waals surface area contributed by atoms with Gasteiger partial charge in [-0.15, -0.1) is 0 Å². The van der Waals surface area contributed by atoms with Gasteiger partial charge in [0.25, 0.3) is 0 Å². The van der Waals surface area contributed by atoms with Crippen LogP contribution in [-0.2, 0) is 23.7 Å². The Hall–Kier alpha value is -0.760. The van der Waals surface area contributed by atoms with Crippen LogP contribution in [-0.4, -0.2) is 203 Å². The molecular weight excluding hydrogens is 602 g/mol. The molecule has 1 unspecified atom stereocenters. The van der Waals surface area contributed by atoms with Gasteiger partial charge in [0, 0.05) is 18.9 Å². The van der Waals surface area contributed by atoms with Gasteiger partial charge in [-0.25, -0.2) is 0 Å². The Morgan fingerprint density at radius 1 is 0.568 bits per heavy atom. The molecule has 4 fully saturated rings. The Balaban J connectivity index is 1.41. The second-order valence-electron chi connectivity index (χ2n) is 11.9. The lowest BCUT2D eigenvalue weighted by atomic mass is 9.79. The molecule has 0 aromatic rings. The van der Waals surface area contributed by atoms with E-state index in [1.807, 2.05) is 0 Å². The molecule has 0 aromatic carbocycles. The third-order valence-electron chi connectivity index (χ3n) is 9.06. The van der Waals surface area contributed by atoms with Gasteiger partial charge in [-0.2, -0.15) is 0 Å². The average Bonchev–Trinajstić information content (AvgIpc) is 3.00. The van der Waals surface area contributed by atoms with Crippen molar-refractivity contribution in [2.75, 3.05) is 19.8 Å². The van der Waals surface area contributed by atoms with Crippen molar-refractivity contribution in [3.8, 4) is 0 Å². The summed E-state index contributed by atoms with van der Waals surface area (Å²) in [6.07, 6.45) is -27.0. The van der Waals surface area contributed by atoms with Gasteiger partial charge in [0.15, 0.2) is 18.9 Å². The first-order valence-corrected chi connectivity index (χ1v) is 14.5. The highest BCUT2D eigenvalue weighted by Crippen LogP contribution is 2.32. The normalized spacial score (nSPS) is 53.9. The van der Waals surface area contributed by atoms with Crippen LogP contribution in [0.2, 0.25) is 0 Å². The van der Waals surface area contributed by atoms with Crippen molar-refractivity contribution < 1.29 is 95.4 Å². The van der Waals surface area contributed by atoms with Gasteiger partial charge >= 0.3 is 0 Å². The molecule has 3 saturated heterocycles. The Bertz CT molecular complexity index is 901. The van der Waals surface area contributed by atoms with Crippen molar-refractivity contribution in [1.82, 2.24) is 0 Å². The molecule has 3 aliphatic heterocycles. The van der Waals surface area contributed by atoms with Gasteiger partial charge in [0.05, 0.1) is 19.3 Å². The van der Waals surface area contributed by atoms with Crippen molar-refractivity contribution in [3.05, 3.63) is 0 Å². The standard InChI is InChI=1S/C25H45NO18/c1-6-11(26-8-2-7(3-27)12(30)15(33)13(8)31)14(32)19(37)24(40-6)43-22-10(5-29)42-25(20(38)17(22)35)44-21-9(4-28)41-23(39)18(36)16(21)34/h6-39H,2-5H2,1H3/p+1/t6-,7?,8+,9-,10-,11-,12-,13+,14+,15+,16-,17-,18-,19-,20-,21-,22-,23+,24-,25-/m1/s1. The first-order valence-electron chi connectivity index (χ1n) is 14.5. The van der Waals surface area contributed by atoms with Gasteiger partial charge in [0.2, 0.25) is 0 Å². The quantitative estimate of drug-likeness (QED) is 0.110. The van der Waals surface area contributed by atoms with E-state index in [1.54, 1.807) is 0 Å². The first-order chi connectivity index (χ1) is 20.7. The minimum Gasteiger partial charge on any atom is -0.396 e. The van der Waals surface area contributed by atoms with E-state index in [0.29, 0.717) is 0 Å². The van der Waals surface area contributed by atoms with Gasteiger partial charge < -0.3 is 95.4 Å². The fraction of sp³-hybridized carbons (Fsp3) is 1.00. The van der Waals surface area contributed by atoms with Crippen LogP contribution in [0.3, 0.4) is 0 Å². The highest BCUT2D eigenvalue weighted by Gasteiger charge is 2.55. The number of nitrogens with two attached hydrogens (primary N) is 1. The first kappa shape index (κ1) is 36.1. The lowest BCUT2D eigenvalue weighted by molar-refractivity contribution is -0.750. The maximum absolute atomic E-state index is 11.0. The summed E-state index contributed by atoms with van der Waals surface area (Å²) >= 11 is 0. The summed E-state index contributed by atoms with van der Waals surface area (Å²) in [5.74, 6) is -0.741. The summed E-state index contributed by atoms with van der Waals surface area (Å²) in [6.45, 7) is -0.524. The third-order valence-corrected chi connectivity index (χ3v) is 9.06. The molecule has 20 atom stereocenters. The molecule has 19 nitrogen and oxygen atoms in total. The van der Waals surface area contributed by atoms with Crippen molar-refractivity contribution in [2.24, 2.45) is 5.92 Å². The minimum atomic E-state index is -1.92. The van der Waals surface area contributed by atoms with Crippen LogP contribution in [0.5, 0.6) is 0 Å². The molecule has 15 N–H and O–H groups in total. The van der Waals surface area contributed by atoms with E-state index in [1.165, 1.54) is 12.2 Å². The monoisotopic (exact) mass is 648 g/mol. The molecule has 0 amide bonds. The molecule has 4 rings (SSSR count). The van der Waals surface area contributed by atoms with Crippen LogP contribution in [0, 0.1) is 5.92 Å². The van der Waals surface area contributed by atoms with Crippen molar-refractivity contribution in [1.29, 1.82) is 0 Å². The Labute approximate surface area is 251 Å². The highest BCUT2D eigenvalue weighted by atomic mass is 16.7. The molecule has 0 spiro atoms. The van der Waals surface area contributed by atoms with Crippen LogP contribution in [0.25, 0.3) is 0 Å². The fourth-order valence-corrected chi connectivity index (χ4v) is 6.33. The maximum atomic E-state index is 11.0. The van der Waals surface area contributed by atoms with E-state index in [2.05, 4.69) is 0 Å². The van der Waals surface area contributed by atoms with E-state index in [9.17, 15) is 66.4 Å². The summed E-state index contributed by atoms with van der Waals surface area (Å²) in [5, 5.41) is 135. The second-order valence-corrected chi connectivity index (χ2v) is 11.9. The SMILES string of the molecule is C[C@H]1O[C@H](O[C@H]2[C@H](O)[C@@H](O)[C@@H](O[C@H]3[C@H](O)[C@@H](O)[C@@H](O)O[C@@H]3CO)O[C@@H]2CO)[C@H](O)[C@@H](O)[C@@H]1[NH2+][C@H]1CC(CO)[C@@H](O)[C@H](O)[C@H]1O. The van der Waals surface area contributed by atoms with Gasteiger partial charge in [-0.05, 0) is 6.92 Å².